The van der Waals surface area contributed by atoms with Gasteiger partial charge < -0.3 is 10.8 Å². The van der Waals surface area contributed by atoms with Gasteiger partial charge in [-0.3, -0.25) is 14.2 Å². The van der Waals surface area contributed by atoms with Gasteiger partial charge in [0.05, 0.1) is 0 Å². The molecule has 0 radical (unpaired) electrons. The fraction of sp³-hybridized carbons (Fsp3) is 0.250. The van der Waals surface area contributed by atoms with E-state index in [1.165, 1.54) is 6.92 Å². The van der Waals surface area contributed by atoms with E-state index in [4.69, 9.17) is 16.0 Å². The van der Waals surface area contributed by atoms with Crippen molar-refractivity contribution in [2.75, 3.05) is 5.73 Å². The van der Waals surface area contributed by atoms with Crippen LogP contribution < -0.4 is 16.4 Å². The highest BCUT2D eigenvalue weighted by molar-refractivity contribution is 7.89. The fourth-order valence-corrected chi connectivity index (χ4v) is 2.05. The smallest absolute Gasteiger partial charge is 0.323 e. The molecule has 0 aliphatic carbocycles. The molecule has 0 amide bonds. The summed E-state index contributed by atoms with van der Waals surface area (Å²) in [4.78, 5) is 21.7. The second kappa shape index (κ2) is 4.18. The summed E-state index contributed by atoms with van der Waals surface area (Å²) in [5, 5.41) is 13.5. The van der Waals surface area contributed by atoms with Gasteiger partial charge in [0.1, 0.15) is 17.1 Å². The number of pyridine rings is 1. The standard InChI is InChI=1S/C8H11N3O5S/c1-4-2-5(17(10,15)16)7(9)8(14)11(4)3-6(12)13/h2H,3,9H2,1H3,(H,12,13)(H2,10,15,16). The number of aromatic nitrogens is 1. The van der Waals surface area contributed by atoms with E-state index in [0.29, 0.717) is 0 Å². The van der Waals surface area contributed by atoms with Crippen LogP contribution in [0.15, 0.2) is 15.8 Å². The van der Waals surface area contributed by atoms with Crippen LogP contribution in [-0.2, 0) is 21.4 Å². The Morgan fingerprint density at radius 2 is 2.06 bits per heavy atom. The molecule has 0 fully saturated rings. The number of rotatable bonds is 3. The van der Waals surface area contributed by atoms with Gasteiger partial charge in [-0.2, -0.15) is 0 Å². The van der Waals surface area contributed by atoms with E-state index in [1.807, 2.05) is 0 Å². The highest BCUT2D eigenvalue weighted by atomic mass is 32.2. The van der Waals surface area contributed by atoms with Crippen LogP contribution in [0.3, 0.4) is 0 Å². The molecule has 1 heterocycles. The van der Waals surface area contributed by atoms with Gasteiger partial charge in [-0.15, -0.1) is 0 Å². The minimum Gasteiger partial charge on any atom is -0.480 e. The number of anilines is 1. The molecular formula is C8H11N3O5S. The summed E-state index contributed by atoms with van der Waals surface area (Å²) in [5.41, 5.74) is 4.00. The van der Waals surface area contributed by atoms with Gasteiger partial charge >= 0.3 is 5.97 Å². The predicted octanol–water partition coefficient (Wildman–Crippen LogP) is -1.53. The molecule has 0 unspecified atom stereocenters. The SMILES string of the molecule is Cc1cc(S(N)(=O)=O)c(N)c(=O)n1CC(=O)O. The lowest BCUT2D eigenvalue weighted by Gasteiger charge is -2.11. The molecule has 94 valence electrons. The molecule has 0 spiro atoms. The van der Waals surface area contributed by atoms with E-state index >= 15 is 0 Å². The van der Waals surface area contributed by atoms with Crippen LogP contribution in [0.1, 0.15) is 5.69 Å². The molecule has 0 atom stereocenters. The molecule has 0 saturated heterocycles. The van der Waals surface area contributed by atoms with Crippen molar-refractivity contribution < 1.29 is 18.3 Å². The molecule has 1 aromatic rings. The van der Waals surface area contributed by atoms with Crippen molar-refractivity contribution in [3.63, 3.8) is 0 Å². The minimum atomic E-state index is -4.11. The average Bonchev–Trinajstić information content (AvgIpc) is 2.16. The molecule has 1 rings (SSSR count). The molecule has 0 aliphatic heterocycles. The summed E-state index contributed by atoms with van der Waals surface area (Å²) < 4.78 is 23.1. The molecule has 1 aromatic heterocycles. The Morgan fingerprint density at radius 1 is 1.53 bits per heavy atom. The average molecular weight is 261 g/mol. The normalized spacial score (nSPS) is 11.4. The van der Waals surface area contributed by atoms with Crippen molar-refractivity contribution in [2.45, 2.75) is 18.4 Å². The third-order valence-electron chi connectivity index (χ3n) is 2.11. The number of aliphatic carboxylic acids is 1. The van der Waals surface area contributed by atoms with Crippen LogP contribution in [0.25, 0.3) is 0 Å². The molecule has 0 aromatic carbocycles. The highest BCUT2D eigenvalue weighted by Crippen LogP contribution is 2.14. The largest absolute Gasteiger partial charge is 0.480 e. The third-order valence-corrected chi connectivity index (χ3v) is 3.06. The first-order valence-electron chi connectivity index (χ1n) is 4.39. The molecule has 17 heavy (non-hydrogen) atoms. The Balaban J connectivity index is 3.59. The van der Waals surface area contributed by atoms with E-state index in [9.17, 15) is 18.0 Å². The Bertz CT molecular complexity index is 631. The summed E-state index contributed by atoms with van der Waals surface area (Å²) >= 11 is 0. The van der Waals surface area contributed by atoms with Crippen LogP contribution in [-0.4, -0.2) is 24.1 Å². The van der Waals surface area contributed by atoms with Gasteiger partial charge in [-0.1, -0.05) is 0 Å². The van der Waals surface area contributed by atoms with Crippen molar-refractivity contribution in [3.05, 3.63) is 22.1 Å². The van der Waals surface area contributed by atoms with E-state index in [2.05, 4.69) is 0 Å². The van der Waals surface area contributed by atoms with Crippen molar-refractivity contribution in [1.29, 1.82) is 0 Å². The maximum atomic E-state index is 11.6. The van der Waals surface area contributed by atoms with Gasteiger partial charge in [-0.05, 0) is 13.0 Å². The van der Waals surface area contributed by atoms with Crippen LogP contribution in [0.4, 0.5) is 5.69 Å². The van der Waals surface area contributed by atoms with Gasteiger partial charge in [0.2, 0.25) is 10.0 Å². The Hall–Kier alpha value is -1.87. The molecule has 9 heteroatoms. The zero-order valence-electron chi connectivity index (χ0n) is 8.87. The van der Waals surface area contributed by atoms with Gasteiger partial charge in [0.25, 0.3) is 5.56 Å². The van der Waals surface area contributed by atoms with E-state index in [0.717, 1.165) is 10.6 Å². The summed E-state index contributed by atoms with van der Waals surface area (Å²) in [6, 6.07) is 1.06. The lowest BCUT2D eigenvalue weighted by molar-refractivity contribution is -0.137. The molecular weight excluding hydrogens is 250 g/mol. The number of carboxylic acids is 1. The number of primary sulfonamides is 1. The first-order chi connectivity index (χ1) is 7.64. The van der Waals surface area contributed by atoms with Gasteiger partial charge in [0, 0.05) is 5.69 Å². The third kappa shape index (κ3) is 2.63. The molecule has 8 nitrogen and oxygen atoms in total. The molecule has 0 saturated carbocycles. The zero-order valence-corrected chi connectivity index (χ0v) is 9.69. The Kier molecular flexibility index (Phi) is 3.25. The van der Waals surface area contributed by atoms with Gasteiger partial charge in [-0.25, -0.2) is 13.6 Å². The first-order valence-corrected chi connectivity index (χ1v) is 5.93. The van der Waals surface area contributed by atoms with Crippen LogP contribution in [0.5, 0.6) is 0 Å². The summed E-state index contributed by atoms with van der Waals surface area (Å²) in [6.45, 7) is 0.790. The Labute approximate surface area is 96.5 Å². The van der Waals surface area contributed by atoms with Crippen molar-refractivity contribution in [1.82, 2.24) is 4.57 Å². The number of carboxylic acid groups (broad SMARTS) is 1. The number of hydrogen-bond acceptors (Lipinski definition) is 5. The number of nitrogens with two attached hydrogens (primary N) is 2. The fourth-order valence-electron chi connectivity index (χ4n) is 1.32. The number of hydrogen-bond donors (Lipinski definition) is 3. The second-order valence-corrected chi connectivity index (χ2v) is 4.92. The number of nitrogen functional groups attached to an aromatic ring is 1. The van der Waals surface area contributed by atoms with Crippen molar-refractivity contribution in [3.8, 4) is 0 Å². The lowest BCUT2D eigenvalue weighted by Crippen LogP contribution is -2.31. The van der Waals surface area contributed by atoms with E-state index in [1.54, 1.807) is 0 Å². The van der Waals surface area contributed by atoms with Crippen LogP contribution in [0, 0.1) is 6.92 Å². The van der Waals surface area contributed by atoms with Gasteiger partial charge in [0.15, 0.2) is 0 Å². The van der Waals surface area contributed by atoms with E-state index < -0.39 is 38.7 Å². The monoisotopic (exact) mass is 261 g/mol. The summed E-state index contributed by atoms with van der Waals surface area (Å²) in [6.07, 6.45) is 0. The zero-order chi connectivity index (χ0) is 13.4. The van der Waals surface area contributed by atoms with Crippen LogP contribution in [0.2, 0.25) is 0 Å². The quantitative estimate of drug-likeness (QED) is 0.601. The maximum Gasteiger partial charge on any atom is 0.323 e. The summed E-state index contributed by atoms with van der Waals surface area (Å²) in [5.74, 6) is -1.24. The van der Waals surface area contributed by atoms with E-state index in [-0.39, 0.29) is 5.69 Å². The number of carbonyl (C=O) groups is 1. The second-order valence-electron chi connectivity index (χ2n) is 3.39. The Morgan fingerprint density at radius 3 is 2.47 bits per heavy atom. The van der Waals surface area contributed by atoms with Crippen molar-refractivity contribution in [2.24, 2.45) is 5.14 Å². The number of aryl methyl sites for hydroxylation is 1. The number of sulfonamides is 1. The topological polar surface area (TPSA) is 145 Å². The molecule has 5 N–H and O–H groups in total. The lowest BCUT2D eigenvalue weighted by atomic mass is 10.3. The minimum absolute atomic E-state index is 0.149. The molecule has 0 bridgehead atoms. The predicted molar refractivity (Wildman–Crippen MR) is 58.9 cm³/mol. The summed E-state index contributed by atoms with van der Waals surface area (Å²) in [7, 11) is -4.11. The maximum absolute atomic E-state index is 11.6. The van der Waals surface area contributed by atoms with Crippen molar-refractivity contribution >= 4 is 21.7 Å². The first kappa shape index (κ1) is 13.2. The van der Waals surface area contributed by atoms with Crippen LogP contribution >= 0.6 is 0 Å². The molecule has 0 aliphatic rings. The number of nitrogens with zero attached hydrogens (tertiary/aromatic N) is 1. The highest BCUT2D eigenvalue weighted by Gasteiger charge is 2.19.